The SMILES string of the molecule is CCCNC(=O)C(C)SC.CO.c1ccc(Oc2ccccc2)cc1. The molecule has 0 spiro atoms. The van der Waals surface area contributed by atoms with Gasteiger partial charge in [-0.3, -0.25) is 4.79 Å². The molecule has 2 aromatic rings. The van der Waals surface area contributed by atoms with Gasteiger partial charge in [0.1, 0.15) is 11.5 Å². The fourth-order valence-corrected chi connectivity index (χ4v) is 1.91. The lowest BCUT2D eigenvalue weighted by Crippen LogP contribution is -2.31. The highest BCUT2D eigenvalue weighted by Crippen LogP contribution is 2.19. The molecule has 2 rings (SSSR count). The molecule has 25 heavy (non-hydrogen) atoms. The van der Waals surface area contributed by atoms with Crippen LogP contribution < -0.4 is 10.1 Å². The molecule has 4 nitrogen and oxygen atoms in total. The Kier molecular flexibility index (Phi) is 14.3. The van der Waals surface area contributed by atoms with E-state index in [1.165, 1.54) is 0 Å². The van der Waals surface area contributed by atoms with Gasteiger partial charge in [-0.2, -0.15) is 11.8 Å². The number of hydrogen-bond donors (Lipinski definition) is 2. The van der Waals surface area contributed by atoms with Gasteiger partial charge in [0.2, 0.25) is 5.91 Å². The zero-order valence-corrected chi connectivity index (χ0v) is 16.3. The van der Waals surface area contributed by atoms with Crippen LogP contribution in [0.15, 0.2) is 60.7 Å². The quantitative estimate of drug-likeness (QED) is 0.801. The third-order valence-electron chi connectivity index (χ3n) is 2.99. The predicted octanol–water partition coefficient (Wildman–Crippen LogP) is 4.35. The van der Waals surface area contributed by atoms with Gasteiger partial charge < -0.3 is 15.2 Å². The number of thioether (sulfide) groups is 1. The van der Waals surface area contributed by atoms with E-state index in [4.69, 9.17) is 9.84 Å². The van der Waals surface area contributed by atoms with Gasteiger partial charge in [0, 0.05) is 13.7 Å². The molecule has 0 heterocycles. The summed E-state index contributed by atoms with van der Waals surface area (Å²) in [5.74, 6) is 1.89. The summed E-state index contributed by atoms with van der Waals surface area (Å²) >= 11 is 1.57. The number of carbonyl (C=O) groups excluding carboxylic acids is 1. The van der Waals surface area contributed by atoms with Crippen LogP contribution in [0, 0.1) is 0 Å². The zero-order chi connectivity index (χ0) is 18.9. The molecule has 0 aliphatic rings. The Bertz CT molecular complexity index is 512. The van der Waals surface area contributed by atoms with Crippen LogP contribution in [0.4, 0.5) is 0 Å². The Balaban J connectivity index is 0.000000434. The van der Waals surface area contributed by atoms with Crippen molar-refractivity contribution in [1.29, 1.82) is 0 Å². The second-order valence-electron chi connectivity index (χ2n) is 4.90. The van der Waals surface area contributed by atoms with Gasteiger partial charge in [0.25, 0.3) is 0 Å². The van der Waals surface area contributed by atoms with E-state index in [1.807, 2.05) is 80.8 Å². The number of hydrogen-bond acceptors (Lipinski definition) is 4. The second kappa shape index (κ2) is 15.5. The lowest BCUT2D eigenvalue weighted by molar-refractivity contribution is -0.120. The maximum Gasteiger partial charge on any atom is 0.232 e. The predicted molar refractivity (Wildman–Crippen MR) is 107 cm³/mol. The maximum absolute atomic E-state index is 11.0. The smallest absolute Gasteiger partial charge is 0.232 e. The number of aliphatic hydroxyl groups is 1. The Hall–Kier alpha value is -1.98. The van der Waals surface area contributed by atoms with Crippen molar-refractivity contribution in [1.82, 2.24) is 5.32 Å². The van der Waals surface area contributed by atoms with E-state index in [1.54, 1.807) is 11.8 Å². The normalized spacial score (nSPS) is 10.3. The first kappa shape index (κ1) is 23.0. The van der Waals surface area contributed by atoms with Gasteiger partial charge in [-0.05, 0) is 43.9 Å². The molecule has 2 N–H and O–H groups in total. The highest BCUT2D eigenvalue weighted by molar-refractivity contribution is 7.99. The molecule has 138 valence electrons. The van der Waals surface area contributed by atoms with Crippen molar-refractivity contribution in [3.63, 3.8) is 0 Å². The molecule has 1 atom stereocenters. The number of carbonyl (C=O) groups is 1. The number of benzene rings is 2. The van der Waals surface area contributed by atoms with Crippen molar-refractivity contribution < 1.29 is 14.6 Å². The maximum atomic E-state index is 11.0. The number of para-hydroxylation sites is 2. The molecule has 5 heteroatoms. The zero-order valence-electron chi connectivity index (χ0n) is 15.4. The summed E-state index contributed by atoms with van der Waals surface area (Å²) < 4.78 is 5.58. The molecule has 0 radical (unpaired) electrons. The Morgan fingerprint density at radius 1 is 1.04 bits per heavy atom. The number of rotatable bonds is 6. The van der Waals surface area contributed by atoms with Crippen molar-refractivity contribution in [3.05, 3.63) is 60.7 Å². The van der Waals surface area contributed by atoms with Crippen LogP contribution in [0.25, 0.3) is 0 Å². The average molecular weight is 364 g/mol. The van der Waals surface area contributed by atoms with E-state index in [0.717, 1.165) is 31.6 Å². The Morgan fingerprint density at radius 2 is 1.48 bits per heavy atom. The van der Waals surface area contributed by atoms with E-state index in [9.17, 15) is 4.79 Å². The standard InChI is InChI=1S/C12H10O.C7H15NOS.CH4O/c1-3-7-11(8-4-1)13-12-9-5-2-6-10-12;1-4-5-8-7(9)6(2)10-3;1-2/h1-10H;6H,4-5H2,1-3H3,(H,8,9);2H,1H3. The summed E-state index contributed by atoms with van der Waals surface area (Å²) in [5, 5.41) is 9.91. The van der Waals surface area contributed by atoms with Crippen LogP contribution in [0.1, 0.15) is 20.3 Å². The van der Waals surface area contributed by atoms with Gasteiger partial charge in [-0.25, -0.2) is 0 Å². The lowest BCUT2D eigenvalue weighted by Gasteiger charge is -2.07. The van der Waals surface area contributed by atoms with Crippen molar-refractivity contribution in [3.8, 4) is 11.5 Å². The fraction of sp³-hybridized carbons (Fsp3) is 0.350. The van der Waals surface area contributed by atoms with Crippen LogP contribution in [-0.2, 0) is 4.79 Å². The largest absolute Gasteiger partial charge is 0.457 e. The number of nitrogens with one attached hydrogen (secondary N) is 1. The van der Waals surface area contributed by atoms with E-state index in [2.05, 4.69) is 5.32 Å². The molecule has 2 aromatic carbocycles. The van der Waals surface area contributed by atoms with Crippen molar-refractivity contribution in [2.24, 2.45) is 0 Å². The third kappa shape index (κ3) is 11.2. The van der Waals surface area contributed by atoms with Gasteiger partial charge in [-0.1, -0.05) is 43.3 Å². The number of aliphatic hydroxyl groups excluding tert-OH is 1. The van der Waals surface area contributed by atoms with E-state index < -0.39 is 0 Å². The first-order valence-corrected chi connectivity index (χ1v) is 9.49. The molecule has 1 amide bonds. The molecule has 0 aliphatic heterocycles. The number of ether oxygens (including phenoxy) is 1. The van der Waals surface area contributed by atoms with Crippen LogP contribution in [-0.4, -0.2) is 36.2 Å². The summed E-state index contributed by atoms with van der Waals surface area (Å²) in [6, 6.07) is 19.5. The van der Waals surface area contributed by atoms with E-state index >= 15 is 0 Å². The minimum atomic E-state index is 0.0894. The van der Waals surface area contributed by atoms with Crippen LogP contribution in [0.2, 0.25) is 0 Å². The first-order chi connectivity index (χ1) is 12.2. The summed E-state index contributed by atoms with van der Waals surface area (Å²) in [5.41, 5.74) is 0. The van der Waals surface area contributed by atoms with Gasteiger partial charge in [-0.15, -0.1) is 0 Å². The molecule has 0 saturated heterocycles. The topological polar surface area (TPSA) is 58.6 Å². The summed E-state index contributed by atoms with van der Waals surface area (Å²) in [4.78, 5) is 11.0. The van der Waals surface area contributed by atoms with Gasteiger partial charge in [0.15, 0.2) is 0 Å². The molecule has 0 fully saturated rings. The minimum Gasteiger partial charge on any atom is -0.457 e. The van der Waals surface area contributed by atoms with Crippen molar-refractivity contribution in [2.45, 2.75) is 25.5 Å². The van der Waals surface area contributed by atoms with Crippen LogP contribution >= 0.6 is 11.8 Å². The second-order valence-corrected chi connectivity index (χ2v) is 6.08. The third-order valence-corrected chi connectivity index (χ3v) is 3.92. The summed E-state index contributed by atoms with van der Waals surface area (Å²) in [6.45, 7) is 4.75. The summed E-state index contributed by atoms with van der Waals surface area (Å²) in [7, 11) is 1.00. The minimum absolute atomic E-state index is 0.0894. The molecule has 0 saturated carbocycles. The van der Waals surface area contributed by atoms with Crippen molar-refractivity contribution in [2.75, 3.05) is 19.9 Å². The first-order valence-electron chi connectivity index (χ1n) is 8.20. The van der Waals surface area contributed by atoms with E-state index in [-0.39, 0.29) is 11.2 Å². The number of amides is 1. The molecular weight excluding hydrogens is 334 g/mol. The Labute approximate surface area is 155 Å². The van der Waals surface area contributed by atoms with Crippen LogP contribution in [0.3, 0.4) is 0 Å². The molecule has 1 unspecified atom stereocenters. The highest BCUT2D eigenvalue weighted by atomic mass is 32.2. The molecule has 0 aliphatic carbocycles. The molecular formula is C20H29NO3S. The van der Waals surface area contributed by atoms with E-state index in [0.29, 0.717) is 0 Å². The van der Waals surface area contributed by atoms with Crippen molar-refractivity contribution >= 4 is 17.7 Å². The van der Waals surface area contributed by atoms with Gasteiger partial charge in [0.05, 0.1) is 5.25 Å². The fourth-order valence-electron chi connectivity index (χ4n) is 1.61. The lowest BCUT2D eigenvalue weighted by atomic mass is 10.3. The highest BCUT2D eigenvalue weighted by Gasteiger charge is 2.08. The summed E-state index contributed by atoms with van der Waals surface area (Å²) in [6.07, 6.45) is 2.95. The van der Waals surface area contributed by atoms with Crippen LogP contribution in [0.5, 0.6) is 11.5 Å². The Morgan fingerprint density at radius 3 is 1.84 bits per heavy atom. The molecule has 0 bridgehead atoms. The monoisotopic (exact) mass is 363 g/mol. The average Bonchev–Trinajstić information content (AvgIpc) is 2.69. The molecule has 0 aromatic heterocycles. The van der Waals surface area contributed by atoms with Gasteiger partial charge >= 0.3 is 0 Å².